The van der Waals surface area contributed by atoms with Gasteiger partial charge in [0.2, 0.25) is 5.91 Å². The van der Waals surface area contributed by atoms with E-state index < -0.39 is 0 Å². The first kappa shape index (κ1) is 14.7. The maximum atomic E-state index is 11.3. The largest absolute Gasteiger partial charge is 0.381 e. The Balaban J connectivity index is 0.00000196. The summed E-state index contributed by atoms with van der Waals surface area (Å²) in [4.78, 5) is 13.1. The number of amides is 1. The van der Waals surface area contributed by atoms with Crippen LogP contribution in [0.4, 0.5) is 0 Å². The molecule has 0 atom stereocenters. The van der Waals surface area contributed by atoms with Crippen LogP contribution in [0, 0.1) is 0 Å². The fraction of sp³-hybridized carbons (Fsp3) is 0.900. The third-order valence-corrected chi connectivity index (χ3v) is 3.09. The standard InChI is InChI=1S/C10H20N2O2.ClH/c1-12(10(13)7-11)8-3-5-9(14-2)6-4-8;/h8-9H,3-7,11H2,1-2H3;1H. The van der Waals surface area contributed by atoms with E-state index in [-0.39, 0.29) is 24.9 Å². The fourth-order valence-corrected chi connectivity index (χ4v) is 2.02. The second-order valence-electron chi connectivity index (χ2n) is 3.88. The number of methoxy groups -OCH3 is 1. The van der Waals surface area contributed by atoms with Crippen LogP contribution in [0.15, 0.2) is 0 Å². The lowest BCUT2D eigenvalue weighted by atomic mass is 9.92. The van der Waals surface area contributed by atoms with Crippen molar-refractivity contribution >= 4 is 18.3 Å². The van der Waals surface area contributed by atoms with Gasteiger partial charge in [0.15, 0.2) is 0 Å². The molecule has 0 unspecified atom stereocenters. The van der Waals surface area contributed by atoms with Crippen LogP contribution in [-0.4, -0.2) is 43.7 Å². The van der Waals surface area contributed by atoms with Crippen molar-refractivity contribution in [2.24, 2.45) is 5.73 Å². The highest BCUT2D eigenvalue weighted by Gasteiger charge is 2.25. The Labute approximate surface area is 97.5 Å². The zero-order chi connectivity index (χ0) is 10.6. The molecule has 5 heteroatoms. The highest BCUT2D eigenvalue weighted by atomic mass is 35.5. The summed E-state index contributed by atoms with van der Waals surface area (Å²) in [6.45, 7) is 0.112. The molecule has 1 fully saturated rings. The molecule has 0 aromatic carbocycles. The lowest BCUT2D eigenvalue weighted by Crippen LogP contribution is -2.43. The van der Waals surface area contributed by atoms with E-state index in [1.54, 1.807) is 12.0 Å². The predicted octanol–water partition coefficient (Wildman–Crippen LogP) is 0.783. The Morgan fingerprint density at radius 3 is 2.33 bits per heavy atom. The second-order valence-corrected chi connectivity index (χ2v) is 3.88. The molecule has 1 aliphatic carbocycles. The minimum Gasteiger partial charge on any atom is -0.381 e. The van der Waals surface area contributed by atoms with Crippen molar-refractivity contribution in [2.45, 2.75) is 37.8 Å². The first-order chi connectivity index (χ1) is 6.69. The van der Waals surface area contributed by atoms with Gasteiger partial charge in [-0.1, -0.05) is 0 Å². The number of rotatable bonds is 3. The fourth-order valence-electron chi connectivity index (χ4n) is 2.02. The van der Waals surface area contributed by atoms with E-state index in [9.17, 15) is 4.79 Å². The van der Waals surface area contributed by atoms with Crippen molar-refractivity contribution in [3.8, 4) is 0 Å². The Hall–Kier alpha value is -0.320. The molecule has 1 saturated carbocycles. The number of nitrogens with two attached hydrogens (primary N) is 1. The predicted molar refractivity (Wildman–Crippen MR) is 62.1 cm³/mol. The summed E-state index contributed by atoms with van der Waals surface area (Å²) in [6.07, 6.45) is 4.53. The van der Waals surface area contributed by atoms with Crippen LogP contribution in [0.2, 0.25) is 0 Å². The molecule has 0 aromatic rings. The number of halogens is 1. The Morgan fingerprint density at radius 2 is 1.93 bits per heavy atom. The average Bonchev–Trinajstić information content (AvgIpc) is 2.27. The summed E-state index contributed by atoms with van der Waals surface area (Å²) in [7, 11) is 3.59. The van der Waals surface area contributed by atoms with Gasteiger partial charge in [-0.25, -0.2) is 0 Å². The summed E-state index contributed by atoms with van der Waals surface area (Å²) >= 11 is 0. The lowest BCUT2D eigenvalue weighted by molar-refractivity contribution is -0.131. The van der Waals surface area contributed by atoms with E-state index in [1.165, 1.54) is 0 Å². The monoisotopic (exact) mass is 236 g/mol. The number of likely N-dealkylation sites (N-methyl/N-ethyl adjacent to an activating group) is 1. The van der Waals surface area contributed by atoms with E-state index in [0.717, 1.165) is 25.7 Å². The van der Waals surface area contributed by atoms with Gasteiger partial charge in [0.25, 0.3) is 0 Å². The molecule has 0 radical (unpaired) electrons. The van der Waals surface area contributed by atoms with Gasteiger partial charge in [-0.15, -0.1) is 12.4 Å². The molecule has 1 aliphatic rings. The summed E-state index contributed by atoms with van der Waals surface area (Å²) in [5.41, 5.74) is 5.32. The minimum absolute atomic E-state index is 0. The van der Waals surface area contributed by atoms with Crippen LogP contribution < -0.4 is 5.73 Å². The highest BCUT2D eigenvalue weighted by Crippen LogP contribution is 2.23. The summed E-state index contributed by atoms with van der Waals surface area (Å²) < 4.78 is 5.28. The van der Waals surface area contributed by atoms with Gasteiger partial charge in [0.1, 0.15) is 0 Å². The number of carbonyl (C=O) groups excluding carboxylic acids is 1. The Bertz CT molecular complexity index is 194. The van der Waals surface area contributed by atoms with E-state index in [1.807, 2.05) is 7.05 Å². The molecular weight excluding hydrogens is 216 g/mol. The van der Waals surface area contributed by atoms with E-state index >= 15 is 0 Å². The van der Waals surface area contributed by atoms with Gasteiger partial charge in [0, 0.05) is 20.2 Å². The van der Waals surface area contributed by atoms with Gasteiger partial charge < -0.3 is 15.4 Å². The Kier molecular flexibility index (Phi) is 6.89. The second kappa shape index (κ2) is 7.04. The zero-order valence-electron chi connectivity index (χ0n) is 9.44. The number of hydrogen-bond acceptors (Lipinski definition) is 3. The van der Waals surface area contributed by atoms with Crippen molar-refractivity contribution in [2.75, 3.05) is 20.7 Å². The summed E-state index contributed by atoms with van der Waals surface area (Å²) in [5.74, 6) is 0.0332. The van der Waals surface area contributed by atoms with Gasteiger partial charge in [-0.2, -0.15) is 0 Å². The van der Waals surface area contributed by atoms with Gasteiger partial charge >= 0.3 is 0 Å². The van der Waals surface area contributed by atoms with Gasteiger partial charge in [-0.05, 0) is 25.7 Å². The molecular formula is C10H21ClN2O2. The SMILES string of the molecule is COC1CCC(N(C)C(=O)CN)CC1.Cl. The molecule has 90 valence electrons. The van der Waals surface area contributed by atoms with E-state index in [2.05, 4.69) is 0 Å². The van der Waals surface area contributed by atoms with E-state index in [0.29, 0.717) is 12.1 Å². The van der Waals surface area contributed by atoms with Crippen LogP contribution in [0.3, 0.4) is 0 Å². The molecule has 0 aromatic heterocycles. The molecule has 2 N–H and O–H groups in total. The molecule has 0 heterocycles. The minimum atomic E-state index is 0. The smallest absolute Gasteiger partial charge is 0.236 e. The van der Waals surface area contributed by atoms with Crippen LogP contribution in [0.5, 0.6) is 0 Å². The first-order valence-corrected chi connectivity index (χ1v) is 5.17. The van der Waals surface area contributed by atoms with Crippen molar-refractivity contribution in [3.05, 3.63) is 0 Å². The molecule has 4 nitrogen and oxygen atoms in total. The van der Waals surface area contributed by atoms with Crippen LogP contribution in [0.1, 0.15) is 25.7 Å². The maximum Gasteiger partial charge on any atom is 0.236 e. The van der Waals surface area contributed by atoms with Gasteiger partial charge in [0.05, 0.1) is 12.6 Å². The van der Waals surface area contributed by atoms with Crippen LogP contribution >= 0.6 is 12.4 Å². The third-order valence-electron chi connectivity index (χ3n) is 3.09. The quantitative estimate of drug-likeness (QED) is 0.788. The highest BCUT2D eigenvalue weighted by molar-refractivity contribution is 5.85. The normalized spacial score (nSPS) is 25.5. The van der Waals surface area contributed by atoms with Crippen molar-refractivity contribution in [1.82, 2.24) is 4.90 Å². The molecule has 0 saturated heterocycles. The molecule has 0 bridgehead atoms. The maximum absolute atomic E-state index is 11.3. The molecule has 1 amide bonds. The molecule has 0 aliphatic heterocycles. The van der Waals surface area contributed by atoms with Crippen molar-refractivity contribution in [1.29, 1.82) is 0 Å². The molecule has 15 heavy (non-hydrogen) atoms. The van der Waals surface area contributed by atoms with E-state index in [4.69, 9.17) is 10.5 Å². The number of nitrogens with zero attached hydrogens (tertiary/aromatic N) is 1. The first-order valence-electron chi connectivity index (χ1n) is 5.17. The molecule has 0 spiro atoms. The zero-order valence-corrected chi connectivity index (χ0v) is 10.3. The number of hydrogen-bond donors (Lipinski definition) is 1. The molecule has 1 rings (SSSR count). The lowest BCUT2D eigenvalue weighted by Gasteiger charge is -2.34. The van der Waals surface area contributed by atoms with Crippen molar-refractivity contribution < 1.29 is 9.53 Å². The van der Waals surface area contributed by atoms with Crippen LogP contribution in [-0.2, 0) is 9.53 Å². The number of ether oxygens (including phenoxy) is 1. The Morgan fingerprint density at radius 1 is 1.40 bits per heavy atom. The number of carbonyl (C=O) groups is 1. The third kappa shape index (κ3) is 3.97. The average molecular weight is 237 g/mol. The van der Waals surface area contributed by atoms with Crippen LogP contribution in [0.25, 0.3) is 0 Å². The van der Waals surface area contributed by atoms with Gasteiger partial charge in [-0.3, -0.25) is 4.79 Å². The topological polar surface area (TPSA) is 55.6 Å². The summed E-state index contributed by atoms with van der Waals surface area (Å²) in [5, 5.41) is 0. The van der Waals surface area contributed by atoms with Crippen molar-refractivity contribution in [3.63, 3.8) is 0 Å². The summed E-state index contributed by atoms with van der Waals surface area (Å²) in [6, 6.07) is 0.359.